The zero-order valence-electron chi connectivity index (χ0n) is 9.74. The van der Waals surface area contributed by atoms with Crippen molar-refractivity contribution in [3.63, 3.8) is 0 Å². The molecule has 0 spiro atoms. The number of aryl methyl sites for hydroxylation is 1. The molecule has 0 amide bonds. The summed E-state index contributed by atoms with van der Waals surface area (Å²) in [5.74, 6) is -0.444. The highest BCUT2D eigenvalue weighted by Crippen LogP contribution is 2.15. The molecule has 0 atom stereocenters. The van der Waals surface area contributed by atoms with Gasteiger partial charge in [0.1, 0.15) is 11.9 Å². The second-order valence-corrected chi connectivity index (χ2v) is 3.93. The Kier molecular flexibility index (Phi) is 2.92. The van der Waals surface area contributed by atoms with Crippen LogP contribution in [-0.2, 0) is 6.54 Å². The van der Waals surface area contributed by atoms with E-state index in [0.29, 0.717) is 12.1 Å². The number of aromatic nitrogens is 2. The highest BCUT2D eigenvalue weighted by Gasteiger charge is 2.09. The summed E-state index contributed by atoms with van der Waals surface area (Å²) < 4.78 is 15.7. The van der Waals surface area contributed by atoms with E-state index in [0.717, 1.165) is 11.4 Å². The molecule has 0 aliphatic carbocycles. The largest absolute Gasteiger partial charge is 0.330 e. The molecule has 2 aromatic rings. The molecule has 17 heavy (non-hydrogen) atoms. The van der Waals surface area contributed by atoms with Crippen molar-refractivity contribution in [1.29, 1.82) is 5.26 Å². The summed E-state index contributed by atoms with van der Waals surface area (Å²) in [5, 5.41) is 8.76. The molecule has 1 aromatic heterocycles. The van der Waals surface area contributed by atoms with Crippen molar-refractivity contribution in [3.8, 4) is 6.07 Å². The van der Waals surface area contributed by atoms with Crippen LogP contribution in [0.5, 0.6) is 0 Å². The van der Waals surface area contributed by atoms with Gasteiger partial charge in [0.15, 0.2) is 0 Å². The molecule has 0 saturated heterocycles. The van der Waals surface area contributed by atoms with Crippen LogP contribution in [0.15, 0.2) is 24.5 Å². The van der Waals surface area contributed by atoms with E-state index in [9.17, 15) is 4.39 Å². The van der Waals surface area contributed by atoms with Gasteiger partial charge in [-0.3, -0.25) is 0 Å². The zero-order valence-corrected chi connectivity index (χ0v) is 9.74. The molecule has 4 heteroatoms. The smallest absolute Gasteiger partial charge is 0.145 e. The fraction of sp³-hybridized carbons (Fsp3) is 0.231. The molecule has 0 fully saturated rings. The minimum atomic E-state index is -0.444. The third kappa shape index (κ3) is 2.04. The van der Waals surface area contributed by atoms with Gasteiger partial charge in [0.05, 0.1) is 24.1 Å². The molecule has 0 saturated carbocycles. The maximum Gasteiger partial charge on any atom is 0.145 e. The summed E-state index contributed by atoms with van der Waals surface area (Å²) in [6, 6.07) is 6.69. The first kappa shape index (κ1) is 11.3. The maximum atomic E-state index is 13.8. The van der Waals surface area contributed by atoms with E-state index in [-0.39, 0.29) is 5.56 Å². The van der Waals surface area contributed by atoms with E-state index < -0.39 is 5.82 Å². The molecule has 0 radical (unpaired) electrons. The van der Waals surface area contributed by atoms with Gasteiger partial charge in [0.25, 0.3) is 0 Å². The van der Waals surface area contributed by atoms with Crippen molar-refractivity contribution in [2.75, 3.05) is 0 Å². The molecule has 1 aromatic carbocycles. The van der Waals surface area contributed by atoms with Crippen LogP contribution in [-0.4, -0.2) is 9.55 Å². The second-order valence-electron chi connectivity index (χ2n) is 3.93. The van der Waals surface area contributed by atoms with Crippen LogP contribution < -0.4 is 0 Å². The third-order valence-electron chi connectivity index (χ3n) is 2.89. The van der Waals surface area contributed by atoms with Gasteiger partial charge in [0.2, 0.25) is 0 Å². The lowest BCUT2D eigenvalue weighted by atomic mass is 10.1. The summed E-state index contributed by atoms with van der Waals surface area (Å²) in [7, 11) is 0. The normalized spacial score (nSPS) is 10.2. The lowest BCUT2D eigenvalue weighted by Crippen LogP contribution is -2.04. The predicted octanol–water partition coefficient (Wildman–Crippen LogP) is 2.56. The fourth-order valence-corrected chi connectivity index (χ4v) is 1.68. The molecule has 3 nitrogen and oxygen atoms in total. The number of halogens is 1. The first-order valence-electron chi connectivity index (χ1n) is 5.29. The second kappa shape index (κ2) is 4.38. The number of nitrogens with zero attached hydrogens (tertiary/aromatic N) is 3. The number of rotatable bonds is 2. The number of nitriles is 1. The van der Waals surface area contributed by atoms with Crippen molar-refractivity contribution in [2.24, 2.45) is 0 Å². The monoisotopic (exact) mass is 229 g/mol. The molecule has 0 N–H and O–H groups in total. The zero-order chi connectivity index (χ0) is 12.4. The Morgan fingerprint density at radius 1 is 1.41 bits per heavy atom. The van der Waals surface area contributed by atoms with Crippen LogP contribution in [0, 0.1) is 31.0 Å². The summed E-state index contributed by atoms with van der Waals surface area (Å²) in [6.07, 6.45) is 1.68. The Labute approximate surface area is 99.1 Å². The lowest BCUT2D eigenvalue weighted by molar-refractivity contribution is 0.594. The maximum absolute atomic E-state index is 13.8. The van der Waals surface area contributed by atoms with Crippen LogP contribution in [0.25, 0.3) is 0 Å². The van der Waals surface area contributed by atoms with Gasteiger partial charge in [-0.05, 0) is 19.9 Å². The topological polar surface area (TPSA) is 41.6 Å². The van der Waals surface area contributed by atoms with Crippen LogP contribution in [0.4, 0.5) is 4.39 Å². The van der Waals surface area contributed by atoms with Gasteiger partial charge in [-0.1, -0.05) is 12.1 Å². The molecular weight excluding hydrogens is 217 g/mol. The molecule has 0 aliphatic rings. The summed E-state index contributed by atoms with van der Waals surface area (Å²) in [6.45, 7) is 4.25. The summed E-state index contributed by atoms with van der Waals surface area (Å²) >= 11 is 0. The third-order valence-corrected chi connectivity index (χ3v) is 2.89. The number of hydrogen-bond acceptors (Lipinski definition) is 2. The van der Waals surface area contributed by atoms with E-state index >= 15 is 0 Å². The van der Waals surface area contributed by atoms with E-state index in [2.05, 4.69) is 4.98 Å². The quantitative estimate of drug-likeness (QED) is 0.794. The molecule has 2 rings (SSSR count). The van der Waals surface area contributed by atoms with Gasteiger partial charge in [-0.2, -0.15) is 5.26 Å². The first-order chi connectivity index (χ1) is 8.13. The first-order valence-corrected chi connectivity index (χ1v) is 5.29. The van der Waals surface area contributed by atoms with Gasteiger partial charge < -0.3 is 4.57 Å². The number of benzene rings is 1. The van der Waals surface area contributed by atoms with Crippen LogP contribution >= 0.6 is 0 Å². The molecule has 86 valence electrons. The molecule has 0 aliphatic heterocycles. The Morgan fingerprint density at radius 2 is 2.18 bits per heavy atom. The van der Waals surface area contributed by atoms with Gasteiger partial charge in [0, 0.05) is 11.3 Å². The Bertz CT molecular complexity index is 593. The Hall–Kier alpha value is -2.15. The predicted molar refractivity (Wildman–Crippen MR) is 61.9 cm³/mol. The average molecular weight is 229 g/mol. The van der Waals surface area contributed by atoms with Crippen molar-refractivity contribution in [1.82, 2.24) is 9.55 Å². The standard InChI is InChI=1S/C13H12FN3/c1-9-10(2)17(8-16-9)7-12-5-3-4-11(6-15)13(12)14/h3-5,8H,7H2,1-2H3. The van der Waals surface area contributed by atoms with E-state index in [1.54, 1.807) is 18.5 Å². The van der Waals surface area contributed by atoms with Crippen molar-refractivity contribution in [3.05, 3.63) is 52.9 Å². The van der Waals surface area contributed by atoms with Crippen molar-refractivity contribution in [2.45, 2.75) is 20.4 Å². The van der Waals surface area contributed by atoms with Crippen LogP contribution in [0.2, 0.25) is 0 Å². The van der Waals surface area contributed by atoms with Gasteiger partial charge in [-0.25, -0.2) is 9.37 Å². The van der Waals surface area contributed by atoms with Crippen molar-refractivity contribution >= 4 is 0 Å². The van der Waals surface area contributed by atoms with Crippen LogP contribution in [0.3, 0.4) is 0 Å². The van der Waals surface area contributed by atoms with Crippen molar-refractivity contribution < 1.29 is 4.39 Å². The minimum absolute atomic E-state index is 0.0805. The number of imidazole rings is 1. The van der Waals surface area contributed by atoms with Gasteiger partial charge in [-0.15, -0.1) is 0 Å². The molecule has 1 heterocycles. The highest BCUT2D eigenvalue weighted by molar-refractivity contribution is 5.35. The minimum Gasteiger partial charge on any atom is -0.330 e. The molecule has 0 bridgehead atoms. The average Bonchev–Trinajstić information content (AvgIpc) is 2.64. The summed E-state index contributed by atoms with van der Waals surface area (Å²) in [4.78, 5) is 4.16. The van der Waals surface area contributed by atoms with E-state index in [1.165, 1.54) is 6.07 Å². The Morgan fingerprint density at radius 3 is 2.76 bits per heavy atom. The van der Waals surface area contributed by atoms with E-state index in [1.807, 2.05) is 24.5 Å². The fourth-order valence-electron chi connectivity index (χ4n) is 1.68. The number of hydrogen-bond donors (Lipinski definition) is 0. The molecule has 0 unspecified atom stereocenters. The highest BCUT2D eigenvalue weighted by atomic mass is 19.1. The summed E-state index contributed by atoms with van der Waals surface area (Å²) in [5.41, 5.74) is 2.52. The molecular formula is C13H12FN3. The van der Waals surface area contributed by atoms with E-state index in [4.69, 9.17) is 5.26 Å². The van der Waals surface area contributed by atoms with Crippen LogP contribution in [0.1, 0.15) is 22.5 Å². The lowest BCUT2D eigenvalue weighted by Gasteiger charge is -2.07. The SMILES string of the molecule is Cc1ncn(Cc2cccc(C#N)c2F)c1C. The van der Waals surface area contributed by atoms with Gasteiger partial charge >= 0.3 is 0 Å². The Balaban J connectivity index is 2.37.